The Labute approximate surface area is 100 Å². The highest BCUT2D eigenvalue weighted by molar-refractivity contribution is 7.80. The molecule has 0 heterocycles. The van der Waals surface area contributed by atoms with Crippen LogP contribution >= 0.6 is 12.6 Å². The van der Waals surface area contributed by atoms with E-state index in [1.54, 1.807) is 0 Å². The Balaban J connectivity index is 2.81. The number of unbranched alkanes of at least 4 members (excludes halogenated alkanes) is 3. The number of ether oxygens (including phenoxy) is 2. The zero-order chi connectivity index (χ0) is 11.2. The average molecular weight is 234 g/mol. The highest BCUT2D eigenvalue weighted by Crippen LogP contribution is 1.96. The van der Waals surface area contributed by atoms with Crippen molar-refractivity contribution in [1.82, 2.24) is 0 Å². The predicted molar refractivity (Wildman–Crippen MR) is 68.9 cm³/mol. The van der Waals surface area contributed by atoms with Gasteiger partial charge >= 0.3 is 0 Å². The maximum Gasteiger partial charge on any atom is 0.0466 e. The molecule has 2 nitrogen and oxygen atoms in total. The third-order valence-corrected chi connectivity index (χ3v) is 2.48. The molecule has 0 rings (SSSR count). The summed E-state index contributed by atoms with van der Waals surface area (Å²) in [5.74, 6) is 0.967. The maximum absolute atomic E-state index is 5.47. The van der Waals surface area contributed by atoms with Gasteiger partial charge in [-0.3, -0.25) is 0 Å². The fourth-order valence-electron chi connectivity index (χ4n) is 1.17. The molecule has 0 aromatic rings. The number of rotatable bonds is 12. The second-order valence-corrected chi connectivity index (χ2v) is 4.16. The molecule has 0 aliphatic rings. The lowest BCUT2D eigenvalue weighted by atomic mass is 10.3. The highest BCUT2D eigenvalue weighted by atomic mass is 32.1. The van der Waals surface area contributed by atoms with Crippen molar-refractivity contribution in [3.05, 3.63) is 0 Å². The minimum Gasteiger partial charge on any atom is -0.381 e. The molecule has 0 bridgehead atoms. The molecule has 0 fully saturated rings. The second-order valence-electron chi connectivity index (χ2n) is 3.72. The molecular weight excluding hydrogens is 208 g/mol. The van der Waals surface area contributed by atoms with Gasteiger partial charge in [0.15, 0.2) is 0 Å². The van der Waals surface area contributed by atoms with Gasteiger partial charge < -0.3 is 9.47 Å². The van der Waals surface area contributed by atoms with Crippen LogP contribution < -0.4 is 0 Å². The second kappa shape index (κ2) is 14.3. The number of hydrogen-bond acceptors (Lipinski definition) is 3. The van der Waals surface area contributed by atoms with E-state index < -0.39 is 0 Å². The molecule has 0 aliphatic heterocycles. The van der Waals surface area contributed by atoms with E-state index in [2.05, 4.69) is 19.6 Å². The van der Waals surface area contributed by atoms with Crippen LogP contribution in [0.4, 0.5) is 0 Å². The molecule has 0 saturated carbocycles. The summed E-state index contributed by atoms with van der Waals surface area (Å²) in [6.45, 7) is 5.75. The van der Waals surface area contributed by atoms with Gasteiger partial charge in [-0.1, -0.05) is 13.3 Å². The van der Waals surface area contributed by atoms with E-state index in [9.17, 15) is 0 Å². The Kier molecular flexibility index (Phi) is 14.5. The van der Waals surface area contributed by atoms with Crippen molar-refractivity contribution in [3.63, 3.8) is 0 Å². The Morgan fingerprint density at radius 1 is 0.733 bits per heavy atom. The quantitative estimate of drug-likeness (QED) is 0.412. The van der Waals surface area contributed by atoms with Crippen LogP contribution in [0.2, 0.25) is 0 Å². The Hall–Kier alpha value is 0.270. The average Bonchev–Trinajstić information content (AvgIpc) is 2.26. The van der Waals surface area contributed by atoms with Crippen molar-refractivity contribution < 1.29 is 9.47 Å². The van der Waals surface area contributed by atoms with Gasteiger partial charge in [-0.2, -0.15) is 12.6 Å². The van der Waals surface area contributed by atoms with Gasteiger partial charge in [-0.05, 0) is 37.9 Å². The largest absolute Gasteiger partial charge is 0.381 e. The fourth-order valence-corrected chi connectivity index (χ4v) is 1.40. The molecule has 0 atom stereocenters. The van der Waals surface area contributed by atoms with E-state index in [1.807, 2.05) is 0 Å². The number of thiol groups is 1. The SMILES string of the molecule is CCCCOCCCCOCCCCS. The van der Waals surface area contributed by atoms with E-state index in [1.165, 1.54) is 12.8 Å². The lowest BCUT2D eigenvalue weighted by molar-refractivity contribution is 0.100. The van der Waals surface area contributed by atoms with E-state index in [4.69, 9.17) is 9.47 Å². The van der Waals surface area contributed by atoms with E-state index in [-0.39, 0.29) is 0 Å². The monoisotopic (exact) mass is 234 g/mol. The van der Waals surface area contributed by atoms with Crippen LogP contribution in [0.5, 0.6) is 0 Å². The first-order valence-electron chi connectivity index (χ1n) is 6.18. The summed E-state index contributed by atoms with van der Waals surface area (Å²) in [5, 5.41) is 0. The summed E-state index contributed by atoms with van der Waals surface area (Å²) in [5.41, 5.74) is 0. The van der Waals surface area contributed by atoms with E-state index in [0.29, 0.717) is 0 Å². The summed E-state index contributed by atoms with van der Waals surface area (Å²) in [4.78, 5) is 0. The topological polar surface area (TPSA) is 18.5 Å². The Morgan fingerprint density at radius 3 is 1.67 bits per heavy atom. The smallest absolute Gasteiger partial charge is 0.0466 e. The lowest BCUT2D eigenvalue weighted by Crippen LogP contribution is -2.01. The van der Waals surface area contributed by atoms with Crippen LogP contribution in [0.3, 0.4) is 0 Å². The van der Waals surface area contributed by atoms with Gasteiger partial charge in [0.05, 0.1) is 0 Å². The van der Waals surface area contributed by atoms with Crippen molar-refractivity contribution in [2.75, 3.05) is 32.2 Å². The van der Waals surface area contributed by atoms with Gasteiger partial charge in [0.2, 0.25) is 0 Å². The molecule has 0 saturated heterocycles. The van der Waals surface area contributed by atoms with Crippen LogP contribution in [0.25, 0.3) is 0 Å². The fraction of sp³-hybridized carbons (Fsp3) is 1.00. The van der Waals surface area contributed by atoms with Crippen molar-refractivity contribution in [2.45, 2.75) is 45.4 Å². The molecule has 0 aromatic heterocycles. The third-order valence-electron chi connectivity index (χ3n) is 2.17. The molecule has 0 aromatic carbocycles. The van der Waals surface area contributed by atoms with Gasteiger partial charge in [-0.25, -0.2) is 0 Å². The first-order valence-corrected chi connectivity index (χ1v) is 6.81. The van der Waals surface area contributed by atoms with Gasteiger partial charge in [0, 0.05) is 26.4 Å². The first-order chi connectivity index (χ1) is 7.41. The van der Waals surface area contributed by atoms with Gasteiger partial charge in [0.25, 0.3) is 0 Å². The van der Waals surface area contributed by atoms with Gasteiger partial charge in [-0.15, -0.1) is 0 Å². The summed E-state index contributed by atoms with van der Waals surface area (Å²) in [6, 6.07) is 0. The molecule has 0 N–H and O–H groups in total. The van der Waals surface area contributed by atoms with E-state index in [0.717, 1.165) is 57.9 Å². The van der Waals surface area contributed by atoms with Crippen molar-refractivity contribution >= 4 is 12.6 Å². The molecule has 0 amide bonds. The molecule has 0 spiro atoms. The van der Waals surface area contributed by atoms with Crippen molar-refractivity contribution in [3.8, 4) is 0 Å². The highest BCUT2D eigenvalue weighted by Gasteiger charge is 1.91. The molecular formula is C12H26O2S. The Bertz CT molecular complexity index is 97.8. The summed E-state index contributed by atoms with van der Waals surface area (Å²) >= 11 is 4.15. The minimum atomic E-state index is 0.879. The van der Waals surface area contributed by atoms with Crippen molar-refractivity contribution in [2.24, 2.45) is 0 Å². The van der Waals surface area contributed by atoms with Crippen LogP contribution in [0.15, 0.2) is 0 Å². The first kappa shape index (κ1) is 15.3. The predicted octanol–water partition coefficient (Wildman–Crippen LogP) is 3.31. The maximum atomic E-state index is 5.47. The Morgan fingerprint density at radius 2 is 1.20 bits per heavy atom. The lowest BCUT2D eigenvalue weighted by Gasteiger charge is -2.04. The zero-order valence-corrected chi connectivity index (χ0v) is 10.9. The standard InChI is InChI=1S/C12H26O2S/c1-2-3-8-13-9-4-5-10-14-11-6-7-12-15/h15H,2-12H2,1H3. The summed E-state index contributed by atoms with van der Waals surface area (Å²) in [6.07, 6.45) is 6.93. The normalized spacial score (nSPS) is 10.8. The van der Waals surface area contributed by atoms with Gasteiger partial charge in [0.1, 0.15) is 0 Å². The molecule has 3 heteroatoms. The molecule has 0 unspecified atom stereocenters. The van der Waals surface area contributed by atoms with Crippen LogP contribution in [-0.4, -0.2) is 32.2 Å². The van der Waals surface area contributed by atoms with Crippen LogP contribution in [0.1, 0.15) is 45.4 Å². The summed E-state index contributed by atoms with van der Waals surface area (Å²) in [7, 11) is 0. The minimum absolute atomic E-state index is 0.879. The molecule has 0 radical (unpaired) electrons. The molecule has 92 valence electrons. The zero-order valence-electron chi connectivity index (χ0n) is 10.0. The molecule has 15 heavy (non-hydrogen) atoms. The number of hydrogen-bond donors (Lipinski definition) is 1. The van der Waals surface area contributed by atoms with Crippen LogP contribution in [0, 0.1) is 0 Å². The third kappa shape index (κ3) is 14.3. The van der Waals surface area contributed by atoms with E-state index >= 15 is 0 Å². The van der Waals surface area contributed by atoms with Crippen molar-refractivity contribution in [1.29, 1.82) is 0 Å². The summed E-state index contributed by atoms with van der Waals surface area (Å²) < 4.78 is 10.9. The van der Waals surface area contributed by atoms with Crippen LogP contribution in [-0.2, 0) is 9.47 Å². The molecule has 0 aliphatic carbocycles.